The van der Waals surface area contributed by atoms with Gasteiger partial charge in [0.05, 0.1) is 6.04 Å². The summed E-state index contributed by atoms with van der Waals surface area (Å²) < 4.78 is 5.42. The molecular weight excluding hydrogens is 266 g/mol. The van der Waals surface area contributed by atoms with Crippen LogP contribution >= 0.6 is 0 Å². The summed E-state index contributed by atoms with van der Waals surface area (Å²) in [7, 11) is 4.25. The third kappa shape index (κ3) is 3.06. The summed E-state index contributed by atoms with van der Waals surface area (Å²) in [5.41, 5.74) is 7.32. The van der Waals surface area contributed by atoms with Gasteiger partial charge in [0.25, 0.3) is 5.89 Å². The predicted octanol–water partition coefficient (Wildman–Crippen LogP) is 1.63. The van der Waals surface area contributed by atoms with Gasteiger partial charge in [0.15, 0.2) is 5.82 Å². The first-order valence-corrected chi connectivity index (χ1v) is 7.22. The Morgan fingerprint density at radius 3 is 2.71 bits per heavy atom. The molecule has 0 amide bonds. The van der Waals surface area contributed by atoms with Crippen molar-refractivity contribution >= 4 is 5.69 Å². The quantitative estimate of drug-likeness (QED) is 0.846. The highest BCUT2D eigenvalue weighted by Crippen LogP contribution is 2.24. The van der Waals surface area contributed by atoms with Gasteiger partial charge in [-0.2, -0.15) is 4.98 Å². The molecule has 1 aliphatic heterocycles. The van der Waals surface area contributed by atoms with Crippen molar-refractivity contribution in [2.24, 2.45) is 0 Å². The lowest BCUT2D eigenvalue weighted by Crippen LogP contribution is -2.31. The number of likely N-dealkylation sites (N-methyl/N-ethyl adjacent to an activating group) is 2. The first kappa shape index (κ1) is 14.0. The van der Waals surface area contributed by atoms with Crippen LogP contribution in [-0.2, 0) is 0 Å². The van der Waals surface area contributed by atoms with Crippen molar-refractivity contribution in [2.45, 2.75) is 12.5 Å². The third-order valence-electron chi connectivity index (χ3n) is 3.96. The van der Waals surface area contributed by atoms with Crippen molar-refractivity contribution in [3.05, 3.63) is 30.1 Å². The third-order valence-corrected chi connectivity index (χ3v) is 3.96. The molecule has 0 saturated carbocycles. The Bertz CT molecular complexity index is 594. The van der Waals surface area contributed by atoms with E-state index in [1.54, 1.807) is 0 Å². The molecule has 0 spiro atoms. The van der Waals surface area contributed by atoms with Crippen LogP contribution in [0.5, 0.6) is 0 Å². The van der Waals surface area contributed by atoms with E-state index in [1.807, 2.05) is 24.3 Å². The Hall–Kier alpha value is -1.92. The second kappa shape index (κ2) is 5.83. The van der Waals surface area contributed by atoms with Crippen LogP contribution in [0.1, 0.15) is 18.3 Å². The highest BCUT2D eigenvalue weighted by atomic mass is 16.5. The average molecular weight is 287 g/mol. The summed E-state index contributed by atoms with van der Waals surface area (Å²) in [6.07, 6.45) is 1.16. The Labute approximate surface area is 124 Å². The van der Waals surface area contributed by atoms with E-state index < -0.39 is 0 Å². The van der Waals surface area contributed by atoms with E-state index in [2.05, 4.69) is 34.0 Å². The van der Waals surface area contributed by atoms with E-state index >= 15 is 0 Å². The molecule has 0 radical (unpaired) electrons. The van der Waals surface area contributed by atoms with E-state index in [0.717, 1.165) is 43.1 Å². The standard InChI is InChI=1S/C15H21N5O/c1-19-8-3-9-20(2)13(10-19)14-17-15(21-18-14)11-4-6-12(16)7-5-11/h4-7,13H,3,8-10,16H2,1-2H3. The summed E-state index contributed by atoms with van der Waals surface area (Å²) in [5, 5.41) is 4.18. The Balaban J connectivity index is 1.84. The number of nitrogens with two attached hydrogens (primary N) is 1. The number of anilines is 1. The van der Waals surface area contributed by atoms with E-state index in [1.165, 1.54) is 0 Å². The molecule has 1 aliphatic rings. The van der Waals surface area contributed by atoms with Gasteiger partial charge in [-0.05, 0) is 57.9 Å². The van der Waals surface area contributed by atoms with Crippen LogP contribution in [0.2, 0.25) is 0 Å². The number of benzene rings is 1. The lowest BCUT2D eigenvalue weighted by Gasteiger charge is -2.24. The van der Waals surface area contributed by atoms with Gasteiger partial charge in [-0.15, -0.1) is 0 Å². The summed E-state index contributed by atoms with van der Waals surface area (Å²) in [5.74, 6) is 1.29. The molecule has 0 aliphatic carbocycles. The zero-order valence-corrected chi connectivity index (χ0v) is 12.5. The smallest absolute Gasteiger partial charge is 0.257 e. The number of hydrogen-bond acceptors (Lipinski definition) is 6. The summed E-state index contributed by atoms with van der Waals surface area (Å²) in [6, 6.07) is 7.64. The summed E-state index contributed by atoms with van der Waals surface area (Å²) in [4.78, 5) is 9.18. The number of nitrogens with zero attached hydrogens (tertiary/aromatic N) is 4. The monoisotopic (exact) mass is 287 g/mol. The lowest BCUT2D eigenvalue weighted by atomic mass is 10.2. The fourth-order valence-corrected chi connectivity index (χ4v) is 2.66. The molecular formula is C15H21N5O. The normalized spacial score (nSPS) is 21.3. The minimum absolute atomic E-state index is 0.170. The highest BCUT2D eigenvalue weighted by molar-refractivity contribution is 5.56. The van der Waals surface area contributed by atoms with Gasteiger partial charge in [-0.3, -0.25) is 4.90 Å². The Morgan fingerprint density at radius 2 is 1.95 bits per heavy atom. The first-order valence-electron chi connectivity index (χ1n) is 7.22. The van der Waals surface area contributed by atoms with Crippen molar-refractivity contribution in [1.29, 1.82) is 0 Å². The molecule has 3 rings (SSSR count). The molecule has 2 aromatic rings. The second-order valence-corrected chi connectivity index (χ2v) is 5.69. The first-order chi connectivity index (χ1) is 10.1. The summed E-state index contributed by atoms with van der Waals surface area (Å²) >= 11 is 0. The topological polar surface area (TPSA) is 71.4 Å². The molecule has 1 unspecified atom stereocenters. The van der Waals surface area contributed by atoms with Gasteiger partial charge in [0, 0.05) is 17.8 Å². The minimum Gasteiger partial charge on any atom is -0.399 e. The molecule has 6 heteroatoms. The number of rotatable bonds is 2. The van der Waals surface area contributed by atoms with Crippen LogP contribution in [-0.4, -0.2) is 53.7 Å². The molecule has 1 aromatic heterocycles. The fourth-order valence-electron chi connectivity index (χ4n) is 2.66. The van der Waals surface area contributed by atoms with Crippen LogP contribution in [0.25, 0.3) is 11.5 Å². The van der Waals surface area contributed by atoms with E-state index in [0.29, 0.717) is 5.89 Å². The van der Waals surface area contributed by atoms with Crippen molar-refractivity contribution in [1.82, 2.24) is 19.9 Å². The fraction of sp³-hybridized carbons (Fsp3) is 0.467. The molecule has 1 fully saturated rings. The maximum absolute atomic E-state index is 5.70. The Kier molecular flexibility index (Phi) is 3.90. The van der Waals surface area contributed by atoms with Gasteiger partial charge in [-0.25, -0.2) is 0 Å². The van der Waals surface area contributed by atoms with Crippen LogP contribution in [0.3, 0.4) is 0 Å². The van der Waals surface area contributed by atoms with Gasteiger partial charge >= 0.3 is 0 Å². The highest BCUT2D eigenvalue weighted by Gasteiger charge is 2.26. The van der Waals surface area contributed by atoms with Crippen molar-refractivity contribution in [3.8, 4) is 11.5 Å². The van der Waals surface area contributed by atoms with Crippen LogP contribution in [0.4, 0.5) is 5.69 Å². The molecule has 2 heterocycles. The molecule has 1 aromatic carbocycles. The van der Waals surface area contributed by atoms with Crippen molar-refractivity contribution < 1.29 is 4.52 Å². The van der Waals surface area contributed by atoms with E-state index in [-0.39, 0.29) is 6.04 Å². The maximum Gasteiger partial charge on any atom is 0.257 e. The van der Waals surface area contributed by atoms with Crippen molar-refractivity contribution in [2.75, 3.05) is 39.5 Å². The minimum atomic E-state index is 0.170. The van der Waals surface area contributed by atoms with Gasteiger partial charge in [0.2, 0.25) is 0 Å². The number of nitrogen functional groups attached to an aromatic ring is 1. The molecule has 1 atom stereocenters. The maximum atomic E-state index is 5.70. The molecule has 6 nitrogen and oxygen atoms in total. The molecule has 0 bridgehead atoms. The van der Waals surface area contributed by atoms with Crippen molar-refractivity contribution in [3.63, 3.8) is 0 Å². The predicted molar refractivity (Wildman–Crippen MR) is 81.6 cm³/mol. The number of aromatic nitrogens is 2. The zero-order valence-electron chi connectivity index (χ0n) is 12.5. The van der Waals surface area contributed by atoms with E-state index in [4.69, 9.17) is 10.3 Å². The average Bonchev–Trinajstić information content (AvgIpc) is 2.88. The SMILES string of the molecule is CN1CCCN(C)C(c2noc(-c3ccc(N)cc3)n2)C1. The van der Waals surface area contributed by atoms with Gasteiger partial charge < -0.3 is 15.2 Å². The second-order valence-electron chi connectivity index (χ2n) is 5.69. The Morgan fingerprint density at radius 1 is 1.19 bits per heavy atom. The molecule has 21 heavy (non-hydrogen) atoms. The van der Waals surface area contributed by atoms with Gasteiger partial charge in [-0.1, -0.05) is 5.16 Å². The van der Waals surface area contributed by atoms with Crippen LogP contribution in [0.15, 0.2) is 28.8 Å². The van der Waals surface area contributed by atoms with Gasteiger partial charge in [0.1, 0.15) is 0 Å². The van der Waals surface area contributed by atoms with E-state index in [9.17, 15) is 0 Å². The summed E-state index contributed by atoms with van der Waals surface area (Å²) in [6.45, 7) is 3.06. The number of hydrogen-bond donors (Lipinski definition) is 1. The van der Waals surface area contributed by atoms with Crippen LogP contribution < -0.4 is 5.73 Å². The largest absolute Gasteiger partial charge is 0.399 e. The van der Waals surface area contributed by atoms with Crippen LogP contribution in [0, 0.1) is 0 Å². The zero-order chi connectivity index (χ0) is 14.8. The molecule has 2 N–H and O–H groups in total. The molecule has 112 valence electrons. The lowest BCUT2D eigenvalue weighted by molar-refractivity contribution is 0.215. The molecule has 1 saturated heterocycles.